The van der Waals surface area contributed by atoms with Gasteiger partial charge in [0.1, 0.15) is 0 Å². The molecule has 0 saturated carbocycles. The SMILES string of the molecule is CCc1nc(C(=O)N(C)C(C)c2n[c]([Rb])no2)c2n1CCN(C)C2. The molecule has 2 aromatic heterocycles. The van der Waals surface area contributed by atoms with Gasteiger partial charge in [-0.3, -0.25) is 0 Å². The standard InChI is InChI=1S/C15H21N6O2.Rb/c1-5-12-18-13(11-8-19(3)6-7-21(11)12)15(22)20(4)10(2)14-16-9-17-23-14;/h10H,5-8H2,1-4H3;. The van der Waals surface area contributed by atoms with E-state index in [-0.39, 0.29) is 67.5 Å². The van der Waals surface area contributed by atoms with Crippen molar-refractivity contribution in [2.24, 2.45) is 0 Å². The van der Waals surface area contributed by atoms with Gasteiger partial charge in [-0.15, -0.1) is 0 Å². The zero-order valence-electron chi connectivity index (χ0n) is 14.9. The van der Waals surface area contributed by atoms with Crippen molar-refractivity contribution in [2.75, 3.05) is 20.6 Å². The summed E-state index contributed by atoms with van der Waals surface area (Å²) in [4.78, 5) is 25.8. The summed E-state index contributed by atoms with van der Waals surface area (Å²) in [6.07, 6.45) is 0.819. The van der Waals surface area contributed by atoms with Gasteiger partial charge in [0, 0.05) is 0 Å². The van der Waals surface area contributed by atoms with Crippen molar-refractivity contribution < 1.29 is 9.32 Å². The van der Waals surface area contributed by atoms with Crippen LogP contribution in [0, 0.1) is 0 Å². The van der Waals surface area contributed by atoms with Crippen LogP contribution in [-0.4, -0.2) is 112 Å². The van der Waals surface area contributed by atoms with Crippen LogP contribution in [0.4, 0.5) is 0 Å². The summed E-state index contributed by atoms with van der Waals surface area (Å²) in [7, 11) is 3.83. The summed E-state index contributed by atoms with van der Waals surface area (Å²) in [5.41, 5.74) is 1.55. The van der Waals surface area contributed by atoms with E-state index in [9.17, 15) is 4.79 Å². The predicted octanol–water partition coefficient (Wildman–Crippen LogP) is -0.0991. The number of hydrogen-bond acceptors (Lipinski definition) is 6. The molecule has 8 nitrogen and oxygen atoms in total. The zero-order chi connectivity index (χ0) is 17.4. The summed E-state index contributed by atoms with van der Waals surface area (Å²) < 4.78 is 8.22. The quantitative estimate of drug-likeness (QED) is 0.710. The minimum atomic E-state index is -0.270. The third-order valence-corrected chi connectivity index (χ3v) is 5.60. The first-order valence-electron chi connectivity index (χ1n) is 8.26. The van der Waals surface area contributed by atoms with Gasteiger partial charge in [0.25, 0.3) is 0 Å². The van der Waals surface area contributed by atoms with Gasteiger partial charge in [-0.25, -0.2) is 0 Å². The van der Waals surface area contributed by atoms with E-state index in [0.717, 1.165) is 36.5 Å². The number of nitrogens with zero attached hydrogens (tertiary/aromatic N) is 6. The molecule has 0 saturated heterocycles. The molecule has 0 bridgehead atoms. The Balaban J connectivity index is 1.91. The predicted molar refractivity (Wildman–Crippen MR) is 88.1 cm³/mol. The van der Waals surface area contributed by atoms with Crippen molar-refractivity contribution in [1.82, 2.24) is 29.5 Å². The van der Waals surface area contributed by atoms with E-state index >= 15 is 0 Å². The number of imidazole rings is 1. The number of aryl methyl sites for hydroxylation is 1. The van der Waals surface area contributed by atoms with Gasteiger partial charge in [0.15, 0.2) is 0 Å². The topological polar surface area (TPSA) is 80.3 Å². The van der Waals surface area contributed by atoms with Crippen LogP contribution < -0.4 is -1.11 Å². The van der Waals surface area contributed by atoms with Crippen LogP contribution in [0.15, 0.2) is 4.52 Å². The molecule has 1 amide bonds. The summed E-state index contributed by atoms with van der Waals surface area (Å²) in [6.45, 7) is 6.57. The van der Waals surface area contributed by atoms with Crippen LogP contribution in [0.2, 0.25) is 0 Å². The molecule has 0 spiro atoms. The number of fused-ring (bicyclic) bond motifs is 1. The fraction of sp³-hybridized carbons (Fsp3) is 0.600. The Hall–Kier alpha value is -0.415. The molecule has 3 rings (SSSR count). The molecule has 0 N–H and O–H groups in total. The maximum absolute atomic E-state index is 13.0. The molecule has 0 radical (unpaired) electrons. The summed E-state index contributed by atoms with van der Waals surface area (Å²) in [5.74, 6) is 1.37. The fourth-order valence-electron chi connectivity index (χ4n) is 3.00. The molecular weight excluding hydrogens is 382 g/mol. The van der Waals surface area contributed by atoms with Gasteiger partial charge in [-0.05, 0) is 0 Å². The van der Waals surface area contributed by atoms with Gasteiger partial charge in [-0.1, -0.05) is 0 Å². The second-order valence-electron chi connectivity index (χ2n) is 6.34. The van der Waals surface area contributed by atoms with Crippen LogP contribution in [0.1, 0.15) is 47.8 Å². The number of likely N-dealkylation sites (N-methyl/N-ethyl adjacent to an activating group) is 1. The van der Waals surface area contributed by atoms with Crippen molar-refractivity contribution in [3.63, 3.8) is 0 Å². The third-order valence-electron chi connectivity index (χ3n) is 4.60. The van der Waals surface area contributed by atoms with Crippen LogP contribution in [-0.2, 0) is 19.5 Å². The van der Waals surface area contributed by atoms with Crippen LogP contribution in [0.3, 0.4) is 0 Å². The van der Waals surface area contributed by atoms with Crippen molar-refractivity contribution in [3.05, 3.63) is 23.1 Å². The van der Waals surface area contributed by atoms with Crippen LogP contribution in [0.5, 0.6) is 0 Å². The van der Waals surface area contributed by atoms with Gasteiger partial charge in [-0.2, -0.15) is 0 Å². The van der Waals surface area contributed by atoms with E-state index in [1.165, 1.54) is 0 Å². The Morgan fingerprint density at radius 3 is 2.79 bits per heavy atom. The average Bonchev–Trinajstić information content (AvgIpc) is 3.16. The van der Waals surface area contributed by atoms with E-state index in [2.05, 4.69) is 38.6 Å². The Bertz CT molecular complexity index is 755. The molecule has 3 heterocycles. The van der Waals surface area contributed by atoms with Crippen molar-refractivity contribution in [2.45, 2.75) is 39.4 Å². The van der Waals surface area contributed by atoms with Crippen LogP contribution in [0.25, 0.3) is 0 Å². The number of carbonyl (C=O) groups is 1. The number of rotatable bonds is 4. The molecule has 1 unspecified atom stereocenters. The summed E-state index contributed by atoms with van der Waals surface area (Å²) in [5, 5.41) is 3.89. The van der Waals surface area contributed by atoms with Crippen molar-refractivity contribution in [3.8, 4) is 0 Å². The molecule has 124 valence electrons. The second-order valence-corrected chi connectivity index (χ2v) is 8.54. The third kappa shape index (κ3) is 3.44. The molecular formula is C15H21N6O2Rb. The molecule has 24 heavy (non-hydrogen) atoms. The maximum atomic E-state index is 13.0. The first-order valence-corrected chi connectivity index (χ1v) is 10.7. The molecule has 0 aromatic carbocycles. The molecule has 1 aliphatic rings. The van der Waals surface area contributed by atoms with E-state index in [0.29, 0.717) is 11.6 Å². The molecule has 0 fully saturated rings. The first-order chi connectivity index (χ1) is 11.4. The Morgan fingerprint density at radius 1 is 1.42 bits per heavy atom. The number of aromatic nitrogens is 4. The van der Waals surface area contributed by atoms with E-state index in [1.807, 2.05) is 6.92 Å². The van der Waals surface area contributed by atoms with E-state index < -0.39 is 0 Å². The monoisotopic (exact) mass is 402 g/mol. The fourth-order valence-corrected chi connectivity index (χ4v) is 3.77. The number of amides is 1. The summed E-state index contributed by atoms with van der Waals surface area (Å²) in [6, 6.07) is -0.270. The average molecular weight is 403 g/mol. The minimum absolute atomic E-state index is 0.0967. The second kappa shape index (κ2) is 7.45. The van der Waals surface area contributed by atoms with Crippen LogP contribution >= 0.6 is 0 Å². The Kier molecular flexibility index (Phi) is 5.70. The van der Waals surface area contributed by atoms with E-state index in [4.69, 9.17) is 4.52 Å². The normalized spacial score (nSPS) is 16.1. The summed E-state index contributed by atoms with van der Waals surface area (Å²) >= 11 is 0.194. The van der Waals surface area contributed by atoms with Gasteiger partial charge < -0.3 is 0 Å². The molecule has 9 heteroatoms. The number of carbonyl (C=O) groups excluding carboxylic acids is 1. The molecule has 0 aliphatic carbocycles. The first kappa shape index (κ1) is 18.4. The van der Waals surface area contributed by atoms with E-state index in [1.54, 1.807) is 11.9 Å². The van der Waals surface area contributed by atoms with Gasteiger partial charge in [0.2, 0.25) is 0 Å². The zero-order valence-corrected chi connectivity index (χ0v) is 19.8. The van der Waals surface area contributed by atoms with Crippen molar-refractivity contribution >= 4 is 60.3 Å². The van der Waals surface area contributed by atoms with Gasteiger partial charge in [0.05, 0.1) is 0 Å². The molecule has 2 aromatic rings. The number of hydrogen-bond donors (Lipinski definition) is 0. The Labute approximate surface area is 180 Å². The molecule has 1 atom stereocenters. The Morgan fingerprint density at radius 2 is 2.17 bits per heavy atom. The van der Waals surface area contributed by atoms with Gasteiger partial charge >= 0.3 is 182 Å². The van der Waals surface area contributed by atoms with Crippen molar-refractivity contribution in [1.29, 1.82) is 0 Å². The molecule has 1 aliphatic heterocycles.